The summed E-state index contributed by atoms with van der Waals surface area (Å²) in [5.74, 6) is -0.934. The van der Waals surface area contributed by atoms with E-state index in [1.165, 1.54) is 0 Å². The molecule has 2 atom stereocenters. The number of ether oxygens (including phenoxy) is 1. The molecule has 7 heteroatoms. The Labute approximate surface area is 125 Å². The number of aliphatic carboxylic acids is 1. The second-order valence-electron chi connectivity index (χ2n) is 6.19. The lowest BCUT2D eigenvalue weighted by atomic mass is 9.96. The Kier molecular flexibility index (Phi) is 5.05. The molecule has 0 radical (unpaired) electrons. The number of rotatable bonds is 6. The van der Waals surface area contributed by atoms with E-state index >= 15 is 0 Å². The third-order valence-electron chi connectivity index (χ3n) is 4.22. The van der Waals surface area contributed by atoms with Crippen molar-refractivity contribution >= 4 is 12.0 Å². The van der Waals surface area contributed by atoms with Gasteiger partial charge in [0.15, 0.2) is 0 Å². The summed E-state index contributed by atoms with van der Waals surface area (Å²) in [6.07, 6.45) is 1.71. The molecule has 7 nitrogen and oxygen atoms in total. The Morgan fingerprint density at radius 1 is 1.38 bits per heavy atom. The van der Waals surface area contributed by atoms with Gasteiger partial charge in [-0.05, 0) is 32.6 Å². The Morgan fingerprint density at radius 3 is 2.52 bits per heavy atom. The maximum Gasteiger partial charge on any atom is 0.329 e. The summed E-state index contributed by atoms with van der Waals surface area (Å²) >= 11 is 0. The SMILES string of the molecule is CC(CN1CCOCC1)NC(=O)NC(C)(C(=O)O)C1CC1. The number of amides is 2. The van der Waals surface area contributed by atoms with Gasteiger partial charge in [0.05, 0.1) is 13.2 Å². The van der Waals surface area contributed by atoms with Gasteiger partial charge in [0, 0.05) is 25.7 Å². The number of nitrogens with zero attached hydrogens (tertiary/aromatic N) is 1. The van der Waals surface area contributed by atoms with Crippen molar-refractivity contribution in [2.45, 2.75) is 38.3 Å². The summed E-state index contributed by atoms with van der Waals surface area (Å²) in [6, 6.07) is -0.451. The van der Waals surface area contributed by atoms with E-state index in [2.05, 4.69) is 15.5 Å². The first-order valence-corrected chi connectivity index (χ1v) is 7.54. The van der Waals surface area contributed by atoms with Crippen LogP contribution in [0.4, 0.5) is 4.79 Å². The highest BCUT2D eigenvalue weighted by Crippen LogP contribution is 2.39. The lowest BCUT2D eigenvalue weighted by Crippen LogP contribution is -2.58. The Bertz CT molecular complexity index is 394. The van der Waals surface area contributed by atoms with E-state index in [0.29, 0.717) is 0 Å². The zero-order valence-electron chi connectivity index (χ0n) is 12.7. The van der Waals surface area contributed by atoms with Crippen LogP contribution in [0.15, 0.2) is 0 Å². The first-order chi connectivity index (χ1) is 9.91. The Balaban J connectivity index is 1.78. The number of carbonyl (C=O) groups excluding carboxylic acids is 1. The number of carboxylic acids is 1. The molecule has 120 valence electrons. The third-order valence-corrected chi connectivity index (χ3v) is 4.22. The smallest absolute Gasteiger partial charge is 0.329 e. The predicted octanol–water partition coefficient (Wildman–Crippen LogP) is 0.260. The molecule has 1 saturated heterocycles. The van der Waals surface area contributed by atoms with Gasteiger partial charge >= 0.3 is 12.0 Å². The van der Waals surface area contributed by atoms with E-state index in [0.717, 1.165) is 45.7 Å². The summed E-state index contributed by atoms with van der Waals surface area (Å²) in [4.78, 5) is 25.6. The number of hydrogen-bond donors (Lipinski definition) is 3. The summed E-state index contributed by atoms with van der Waals surface area (Å²) in [5, 5.41) is 14.8. The van der Waals surface area contributed by atoms with Crippen LogP contribution in [0.1, 0.15) is 26.7 Å². The van der Waals surface area contributed by atoms with Gasteiger partial charge in [0.25, 0.3) is 0 Å². The monoisotopic (exact) mass is 299 g/mol. The average molecular weight is 299 g/mol. The van der Waals surface area contributed by atoms with Crippen LogP contribution in [0, 0.1) is 5.92 Å². The zero-order chi connectivity index (χ0) is 15.5. The van der Waals surface area contributed by atoms with Crippen LogP contribution in [-0.4, -0.2) is 66.4 Å². The average Bonchev–Trinajstić information content (AvgIpc) is 3.23. The van der Waals surface area contributed by atoms with Crippen molar-refractivity contribution in [2.24, 2.45) is 5.92 Å². The molecule has 0 spiro atoms. The maximum atomic E-state index is 12.0. The molecular formula is C14H25N3O4. The topological polar surface area (TPSA) is 90.9 Å². The maximum absolute atomic E-state index is 12.0. The van der Waals surface area contributed by atoms with Crippen molar-refractivity contribution in [1.82, 2.24) is 15.5 Å². The van der Waals surface area contributed by atoms with Gasteiger partial charge in [-0.2, -0.15) is 0 Å². The molecule has 2 fully saturated rings. The molecule has 2 unspecified atom stereocenters. The first kappa shape index (κ1) is 16.0. The molecule has 1 saturated carbocycles. The molecule has 1 heterocycles. The van der Waals surface area contributed by atoms with E-state index < -0.39 is 17.5 Å². The fourth-order valence-electron chi connectivity index (χ4n) is 2.70. The highest BCUT2D eigenvalue weighted by Gasteiger charge is 2.48. The van der Waals surface area contributed by atoms with E-state index in [-0.39, 0.29) is 12.0 Å². The lowest BCUT2D eigenvalue weighted by Gasteiger charge is -2.31. The first-order valence-electron chi connectivity index (χ1n) is 7.54. The van der Waals surface area contributed by atoms with Crippen LogP contribution in [-0.2, 0) is 9.53 Å². The molecule has 2 rings (SSSR count). The van der Waals surface area contributed by atoms with Crippen molar-refractivity contribution in [2.75, 3.05) is 32.8 Å². The summed E-state index contributed by atoms with van der Waals surface area (Å²) in [5.41, 5.74) is -1.16. The van der Waals surface area contributed by atoms with Gasteiger partial charge in [-0.1, -0.05) is 0 Å². The van der Waals surface area contributed by atoms with Gasteiger partial charge in [-0.25, -0.2) is 9.59 Å². The van der Waals surface area contributed by atoms with Crippen molar-refractivity contribution in [3.8, 4) is 0 Å². The van der Waals surface area contributed by atoms with Gasteiger partial charge in [-0.3, -0.25) is 4.90 Å². The molecule has 1 aliphatic carbocycles. The standard InChI is InChI=1S/C14H25N3O4/c1-10(9-17-5-7-21-8-6-17)15-13(20)16-14(2,12(18)19)11-3-4-11/h10-11H,3-9H2,1-2H3,(H,18,19)(H2,15,16,20). The van der Waals surface area contributed by atoms with Gasteiger partial charge in [-0.15, -0.1) is 0 Å². The van der Waals surface area contributed by atoms with Crippen molar-refractivity contribution < 1.29 is 19.4 Å². The molecule has 1 aliphatic heterocycles. The van der Waals surface area contributed by atoms with Crippen molar-refractivity contribution in [3.05, 3.63) is 0 Å². The fraction of sp³-hybridized carbons (Fsp3) is 0.857. The van der Waals surface area contributed by atoms with Crippen molar-refractivity contribution in [1.29, 1.82) is 0 Å². The van der Waals surface area contributed by atoms with Gasteiger partial charge < -0.3 is 20.5 Å². The van der Waals surface area contributed by atoms with E-state index in [1.54, 1.807) is 6.92 Å². The predicted molar refractivity (Wildman–Crippen MR) is 77.2 cm³/mol. The van der Waals surface area contributed by atoms with Crippen LogP contribution in [0.25, 0.3) is 0 Å². The van der Waals surface area contributed by atoms with Gasteiger partial charge in [0.1, 0.15) is 5.54 Å². The Morgan fingerprint density at radius 2 is 2.00 bits per heavy atom. The normalized spacial score (nSPS) is 23.9. The number of nitrogens with one attached hydrogen (secondary N) is 2. The molecule has 21 heavy (non-hydrogen) atoms. The van der Waals surface area contributed by atoms with Gasteiger partial charge in [0.2, 0.25) is 0 Å². The Hall–Kier alpha value is -1.34. The molecule has 0 aromatic carbocycles. The molecule has 0 aromatic heterocycles. The highest BCUT2D eigenvalue weighted by atomic mass is 16.5. The molecule has 3 N–H and O–H groups in total. The minimum atomic E-state index is -1.16. The van der Waals surface area contributed by atoms with E-state index in [9.17, 15) is 14.7 Å². The summed E-state index contributed by atoms with van der Waals surface area (Å²) in [7, 11) is 0. The zero-order valence-corrected chi connectivity index (χ0v) is 12.7. The quantitative estimate of drug-likeness (QED) is 0.654. The van der Waals surface area contributed by atoms with Crippen LogP contribution in [0.3, 0.4) is 0 Å². The number of morpholine rings is 1. The molecular weight excluding hydrogens is 274 g/mol. The van der Waals surface area contributed by atoms with E-state index in [1.807, 2.05) is 6.92 Å². The number of urea groups is 1. The second kappa shape index (κ2) is 6.62. The van der Waals surface area contributed by atoms with Crippen LogP contribution in [0.2, 0.25) is 0 Å². The van der Waals surface area contributed by atoms with E-state index in [4.69, 9.17) is 4.74 Å². The highest BCUT2D eigenvalue weighted by molar-refractivity contribution is 5.86. The molecule has 2 amide bonds. The number of hydrogen-bond acceptors (Lipinski definition) is 4. The fourth-order valence-corrected chi connectivity index (χ4v) is 2.70. The van der Waals surface area contributed by atoms with Crippen molar-refractivity contribution in [3.63, 3.8) is 0 Å². The second-order valence-corrected chi connectivity index (χ2v) is 6.19. The number of carboxylic acid groups (broad SMARTS) is 1. The van der Waals surface area contributed by atoms with Crippen LogP contribution < -0.4 is 10.6 Å². The number of carbonyl (C=O) groups is 2. The molecule has 2 aliphatic rings. The summed E-state index contributed by atoms with van der Waals surface area (Å²) < 4.78 is 5.28. The minimum absolute atomic E-state index is 0.0373. The molecule has 0 aromatic rings. The summed E-state index contributed by atoms with van der Waals surface area (Å²) in [6.45, 7) is 7.41. The van der Waals surface area contributed by atoms with Crippen LogP contribution in [0.5, 0.6) is 0 Å². The molecule has 0 bridgehead atoms. The minimum Gasteiger partial charge on any atom is -0.480 e. The largest absolute Gasteiger partial charge is 0.480 e. The van der Waals surface area contributed by atoms with Crippen LogP contribution >= 0.6 is 0 Å². The lowest BCUT2D eigenvalue weighted by molar-refractivity contribution is -0.144. The third kappa shape index (κ3) is 4.31.